The molecule has 21 heavy (non-hydrogen) atoms. The van der Waals surface area contributed by atoms with Crippen molar-refractivity contribution in [2.75, 3.05) is 24.6 Å². The van der Waals surface area contributed by atoms with Gasteiger partial charge >= 0.3 is 6.03 Å². The highest BCUT2D eigenvalue weighted by molar-refractivity contribution is 6.30. The zero-order chi connectivity index (χ0) is 15.2. The van der Waals surface area contributed by atoms with E-state index in [1.54, 1.807) is 0 Å². The van der Waals surface area contributed by atoms with Crippen molar-refractivity contribution >= 4 is 23.3 Å². The number of carbonyl (C=O) groups excluding carboxylic acids is 1. The molecule has 2 amide bonds. The molecule has 2 atom stereocenters. The number of benzene rings is 1. The Kier molecular flexibility index (Phi) is 5.70. The van der Waals surface area contributed by atoms with Crippen LogP contribution in [0.1, 0.15) is 19.8 Å². The van der Waals surface area contributed by atoms with E-state index in [9.17, 15) is 4.79 Å². The van der Waals surface area contributed by atoms with Crippen LogP contribution in [-0.2, 0) is 0 Å². The van der Waals surface area contributed by atoms with Gasteiger partial charge in [-0.15, -0.1) is 0 Å². The molecule has 0 saturated carbocycles. The van der Waals surface area contributed by atoms with Gasteiger partial charge in [0, 0.05) is 29.8 Å². The van der Waals surface area contributed by atoms with Gasteiger partial charge in [-0.25, -0.2) is 4.79 Å². The fourth-order valence-electron chi connectivity index (χ4n) is 2.47. The first kappa shape index (κ1) is 15.9. The summed E-state index contributed by atoms with van der Waals surface area (Å²) in [4.78, 5) is 14.1. The predicted octanol–water partition coefficient (Wildman–Crippen LogP) is 1.99. The first-order valence-electron chi connectivity index (χ1n) is 7.30. The summed E-state index contributed by atoms with van der Waals surface area (Å²) in [5, 5.41) is 15.5. The molecule has 116 valence electrons. The van der Waals surface area contributed by atoms with Crippen molar-refractivity contribution in [1.29, 1.82) is 0 Å². The highest BCUT2D eigenvalue weighted by Crippen LogP contribution is 2.23. The lowest BCUT2D eigenvalue weighted by molar-refractivity contribution is 0.212. The monoisotopic (exact) mass is 311 g/mol. The molecule has 0 spiro atoms. The second-order valence-corrected chi connectivity index (χ2v) is 5.75. The zero-order valence-electron chi connectivity index (χ0n) is 12.2. The first-order chi connectivity index (χ1) is 10.1. The number of nitrogens with one attached hydrogen (secondary N) is 2. The van der Waals surface area contributed by atoms with Gasteiger partial charge in [0.15, 0.2) is 0 Å². The van der Waals surface area contributed by atoms with Crippen LogP contribution in [0.2, 0.25) is 5.02 Å². The summed E-state index contributed by atoms with van der Waals surface area (Å²) in [6.45, 7) is 3.55. The summed E-state index contributed by atoms with van der Waals surface area (Å²) in [6, 6.07) is 7.45. The minimum Gasteiger partial charge on any atom is -0.394 e. The van der Waals surface area contributed by atoms with Gasteiger partial charge in [0.05, 0.1) is 12.6 Å². The maximum absolute atomic E-state index is 11.9. The van der Waals surface area contributed by atoms with Crippen LogP contribution in [0.4, 0.5) is 10.5 Å². The highest BCUT2D eigenvalue weighted by atomic mass is 35.5. The molecule has 3 N–H and O–H groups in total. The third kappa shape index (κ3) is 4.51. The zero-order valence-corrected chi connectivity index (χ0v) is 12.9. The van der Waals surface area contributed by atoms with Crippen molar-refractivity contribution in [2.45, 2.75) is 31.8 Å². The smallest absolute Gasteiger partial charge is 0.315 e. The number of amides is 2. The Balaban J connectivity index is 1.84. The van der Waals surface area contributed by atoms with Crippen LogP contribution in [0.15, 0.2) is 24.3 Å². The van der Waals surface area contributed by atoms with Crippen molar-refractivity contribution in [2.24, 2.45) is 0 Å². The van der Waals surface area contributed by atoms with E-state index in [0.717, 1.165) is 30.2 Å². The molecule has 1 saturated heterocycles. The molecular weight excluding hydrogens is 290 g/mol. The standard InChI is InChI=1S/C15H22ClN3O2/c1-2-12(10-20)17-15(21)18-13-6-7-19(9-13)14-5-3-4-11(16)8-14/h3-5,8,12-13,20H,2,6-7,9-10H2,1H3,(H2,17,18,21)/t12-,13-/m1/s1. The van der Waals surface area contributed by atoms with Crippen LogP contribution in [0.5, 0.6) is 0 Å². The summed E-state index contributed by atoms with van der Waals surface area (Å²) in [6.07, 6.45) is 1.61. The fourth-order valence-corrected chi connectivity index (χ4v) is 2.66. The average molecular weight is 312 g/mol. The predicted molar refractivity (Wildman–Crippen MR) is 84.9 cm³/mol. The minimum atomic E-state index is -0.214. The fraction of sp³-hybridized carbons (Fsp3) is 0.533. The Morgan fingerprint density at radius 1 is 1.57 bits per heavy atom. The van der Waals surface area contributed by atoms with Gasteiger partial charge in [0.25, 0.3) is 0 Å². The summed E-state index contributed by atoms with van der Waals surface area (Å²) >= 11 is 6.00. The maximum Gasteiger partial charge on any atom is 0.315 e. The number of nitrogens with zero attached hydrogens (tertiary/aromatic N) is 1. The summed E-state index contributed by atoms with van der Waals surface area (Å²) in [5.74, 6) is 0. The largest absolute Gasteiger partial charge is 0.394 e. The number of hydrogen-bond donors (Lipinski definition) is 3. The SMILES string of the molecule is CC[C@H](CO)NC(=O)N[C@@H]1CCN(c2cccc(Cl)c2)C1. The Labute approximate surface area is 130 Å². The van der Waals surface area contributed by atoms with Gasteiger partial charge in [-0.05, 0) is 31.0 Å². The van der Waals surface area contributed by atoms with E-state index >= 15 is 0 Å². The third-order valence-corrected chi connectivity index (χ3v) is 3.98. The number of aliphatic hydroxyl groups excluding tert-OH is 1. The van der Waals surface area contributed by atoms with Crippen molar-refractivity contribution < 1.29 is 9.90 Å². The number of hydrogen-bond acceptors (Lipinski definition) is 3. The number of aliphatic hydroxyl groups is 1. The van der Waals surface area contributed by atoms with Crippen LogP contribution in [0, 0.1) is 0 Å². The van der Waals surface area contributed by atoms with Crippen LogP contribution >= 0.6 is 11.6 Å². The molecule has 1 aromatic rings. The molecule has 0 aromatic heterocycles. The highest BCUT2D eigenvalue weighted by Gasteiger charge is 2.24. The molecule has 0 radical (unpaired) electrons. The number of anilines is 1. The Morgan fingerprint density at radius 2 is 2.38 bits per heavy atom. The van der Waals surface area contributed by atoms with Crippen molar-refractivity contribution in [1.82, 2.24) is 10.6 Å². The third-order valence-electron chi connectivity index (χ3n) is 3.75. The quantitative estimate of drug-likeness (QED) is 0.779. The maximum atomic E-state index is 11.9. The Morgan fingerprint density at radius 3 is 3.05 bits per heavy atom. The van der Waals surface area contributed by atoms with Gasteiger partial charge < -0.3 is 20.6 Å². The Bertz CT molecular complexity index is 480. The van der Waals surface area contributed by atoms with Gasteiger partial charge in [0.1, 0.15) is 0 Å². The Hall–Kier alpha value is -1.46. The molecule has 1 heterocycles. The molecule has 5 nitrogen and oxygen atoms in total. The lowest BCUT2D eigenvalue weighted by Crippen LogP contribution is -2.48. The van der Waals surface area contributed by atoms with E-state index in [1.165, 1.54) is 0 Å². The normalized spacial score (nSPS) is 19.4. The van der Waals surface area contributed by atoms with Gasteiger partial charge in [-0.3, -0.25) is 0 Å². The molecule has 1 aromatic carbocycles. The van der Waals surface area contributed by atoms with E-state index in [4.69, 9.17) is 16.7 Å². The molecule has 0 unspecified atom stereocenters. The van der Waals surface area contributed by atoms with Gasteiger partial charge in [-0.1, -0.05) is 24.6 Å². The van der Waals surface area contributed by atoms with Crippen LogP contribution in [0.3, 0.4) is 0 Å². The van der Waals surface area contributed by atoms with Crippen molar-refractivity contribution in [3.63, 3.8) is 0 Å². The van der Waals surface area contributed by atoms with E-state index < -0.39 is 0 Å². The molecule has 0 aliphatic carbocycles. The van der Waals surface area contributed by atoms with Crippen LogP contribution in [-0.4, -0.2) is 42.9 Å². The molecule has 6 heteroatoms. The molecule has 1 aliphatic rings. The topological polar surface area (TPSA) is 64.6 Å². The van der Waals surface area contributed by atoms with Crippen LogP contribution in [0.25, 0.3) is 0 Å². The second-order valence-electron chi connectivity index (χ2n) is 5.32. The summed E-state index contributed by atoms with van der Waals surface area (Å²) < 4.78 is 0. The second kappa shape index (κ2) is 7.52. The summed E-state index contributed by atoms with van der Waals surface area (Å²) in [7, 11) is 0. The van der Waals surface area contributed by atoms with E-state index in [1.807, 2.05) is 31.2 Å². The van der Waals surface area contributed by atoms with Crippen LogP contribution < -0.4 is 15.5 Å². The first-order valence-corrected chi connectivity index (χ1v) is 7.68. The van der Waals surface area contributed by atoms with Crippen molar-refractivity contribution in [3.05, 3.63) is 29.3 Å². The number of carbonyl (C=O) groups is 1. The number of rotatable bonds is 5. The van der Waals surface area contributed by atoms with E-state index in [2.05, 4.69) is 15.5 Å². The average Bonchev–Trinajstić information content (AvgIpc) is 2.93. The summed E-state index contributed by atoms with van der Waals surface area (Å²) in [5.41, 5.74) is 1.08. The molecule has 2 rings (SSSR count). The van der Waals surface area contributed by atoms with E-state index in [0.29, 0.717) is 6.42 Å². The lowest BCUT2D eigenvalue weighted by Gasteiger charge is -2.20. The van der Waals surface area contributed by atoms with Crippen molar-refractivity contribution in [3.8, 4) is 0 Å². The van der Waals surface area contributed by atoms with E-state index in [-0.39, 0.29) is 24.7 Å². The van der Waals surface area contributed by atoms with Gasteiger partial charge in [0.2, 0.25) is 0 Å². The molecule has 0 bridgehead atoms. The lowest BCUT2D eigenvalue weighted by atomic mass is 10.2. The van der Waals surface area contributed by atoms with Gasteiger partial charge in [-0.2, -0.15) is 0 Å². The number of halogens is 1. The molecule has 1 aliphatic heterocycles. The molecule has 1 fully saturated rings. The number of urea groups is 1. The molecular formula is C15H22ClN3O2. The minimum absolute atomic E-state index is 0.0385.